The van der Waals surface area contributed by atoms with E-state index in [4.69, 9.17) is 4.52 Å². The molecule has 1 atom stereocenters. The average Bonchev–Trinajstić information content (AvgIpc) is 3.49. The molecule has 1 saturated carbocycles. The molecule has 1 aliphatic carbocycles. The molecule has 166 valence electrons. The van der Waals surface area contributed by atoms with Gasteiger partial charge in [0.2, 0.25) is 5.91 Å². The number of pyridine rings is 1. The van der Waals surface area contributed by atoms with Gasteiger partial charge >= 0.3 is 0 Å². The van der Waals surface area contributed by atoms with Crippen LogP contribution in [-0.2, 0) is 4.79 Å². The van der Waals surface area contributed by atoms with Crippen LogP contribution in [0, 0.1) is 11.7 Å². The predicted molar refractivity (Wildman–Crippen MR) is 117 cm³/mol. The minimum atomic E-state index is -0.699. The molecule has 2 aromatic heterocycles. The molecule has 1 aliphatic rings. The van der Waals surface area contributed by atoms with Gasteiger partial charge in [-0.3, -0.25) is 14.6 Å². The highest BCUT2D eigenvalue weighted by atomic mass is 19.1. The number of rotatable bonds is 8. The van der Waals surface area contributed by atoms with E-state index in [0.29, 0.717) is 29.3 Å². The van der Waals surface area contributed by atoms with Crippen molar-refractivity contribution in [2.24, 2.45) is 5.92 Å². The van der Waals surface area contributed by atoms with Gasteiger partial charge in [-0.2, -0.15) is 0 Å². The number of amides is 2. The van der Waals surface area contributed by atoms with Gasteiger partial charge in [-0.05, 0) is 36.6 Å². The third-order valence-corrected chi connectivity index (χ3v) is 5.54. The summed E-state index contributed by atoms with van der Waals surface area (Å²) in [6.45, 7) is 0. The Morgan fingerprint density at radius 2 is 2.00 bits per heavy atom. The Morgan fingerprint density at radius 1 is 1.16 bits per heavy atom. The van der Waals surface area contributed by atoms with E-state index in [9.17, 15) is 14.0 Å². The number of halogens is 1. The highest BCUT2D eigenvalue weighted by Gasteiger charge is 2.27. The number of carbonyl (C=O) groups excluding carboxylic acids is 2. The molecule has 1 aromatic carbocycles. The third-order valence-electron chi connectivity index (χ3n) is 5.54. The first-order valence-electron chi connectivity index (χ1n) is 10.6. The van der Waals surface area contributed by atoms with Gasteiger partial charge in [0, 0.05) is 17.4 Å². The molecule has 1 fully saturated rings. The lowest BCUT2D eigenvalue weighted by Gasteiger charge is -2.21. The van der Waals surface area contributed by atoms with Crippen LogP contribution in [0.4, 0.5) is 21.5 Å². The summed E-state index contributed by atoms with van der Waals surface area (Å²) in [5.41, 5.74) is 1.60. The predicted octanol–water partition coefficient (Wildman–Crippen LogP) is 4.27. The normalized spacial score (nSPS) is 14.7. The molecule has 2 amide bonds. The smallest absolute Gasteiger partial charge is 0.252 e. The van der Waals surface area contributed by atoms with Crippen LogP contribution in [-0.4, -0.2) is 28.0 Å². The second kappa shape index (κ2) is 10.0. The zero-order chi connectivity index (χ0) is 22.3. The van der Waals surface area contributed by atoms with E-state index < -0.39 is 11.9 Å². The molecule has 9 heteroatoms. The van der Waals surface area contributed by atoms with Crippen LogP contribution in [0.2, 0.25) is 0 Å². The second-order valence-electron chi connectivity index (χ2n) is 7.88. The molecule has 8 nitrogen and oxygen atoms in total. The van der Waals surface area contributed by atoms with Gasteiger partial charge < -0.3 is 20.5 Å². The summed E-state index contributed by atoms with van der Waals surface area (Å²) >= 11 is 0. The van der Waals surface area contributed by atoms with Crippen LogP contribution in [0.1, 0.15) is 42.5 Å². The SMILES string of the molecule is O=C(N[C@H](CC1CCCC1)C(=O)Nc1cnoc1)c1cccc(Nc2ccncc2F)c1. The van der Waals surface area contributed by atoms with Crippen molar-refractivity contribution < 1.29 is 18.5 Å². The molecule has 0 radical (unpaired) electrons. The number of benzene rings is 1. The van der Waals surface area contributed by atoms with E-state index >= 15 is 0 Å². The highest BCUT2D eigenvalue weighted by molar-refractivity contribution is 6.01. The Hall–Kier alpha value is -3.75. The molecule has 2 heterocycles. The largest absolute Gasteiger partial charge is 0.363 e. The Bertz CT molecular complexity index is 1070. The molecular weight excluding hydrogens is 413 g/mol. The van der Waals surface area contributed by atoms with Crippen LogP contribution >= 0.6 is 0 Å². The van der Waals surface area contributed by atoms with Crippen molar-refractivity contribution in [3.8, 4) is 0 Å². The van der Waals surface area contributed by atoms with Crippen LogP contribution in [0.25, 0.3) is 0 Å². The maximum Gasteiger partial charge on any atom is 0.252 e. The summed E-state index contributed by atoms with van der Waals surface area (Å²) in [7, 11) is 0. The van der Waals surface area contributed by atoms with E-state index in [-0.39, 0.29) is 17.5 Å². The number of anilines is 3. The lowest BCUT2D eigenvalue weighted by molar-refractivity contribution is -0.118. The van der Waals surface area contributed by atoms with Gasteiger partial charge in [0.15, 0.2) is 5.82 Å². The highest BCUT2D eigenvalue weighted by Crippen LogP contribution is 2.29. The first-order valence-corrected chi connectivity index (χ1v) is 10.6. The van der Waals surface area contributed by atoms with Gasteiger partial charge in [0.05, 0.1) is 18.1 Å². The van der Waals surface area contributed by atoms with Crippen LogP contribution < -0.4 is 16.0 Å². The van der Waals surface area contributed by atoms with Crippen LogP contribution in [0.15, 0.2) is 59.7 Å². The molecule has 3 N–H and O–H groups in total. The molecule has 0 unspecified atom stereocenters. The first-order chi connectivity index (χ1) is 15.6. The lowest BCUT2D eigenvalue weighted by atomic mass is 9.97. The molecule has 0 bridgehead atoms. The van der Waals surface area contributed by atoms with Crippen molar-refractivity contribution in [2.75, 3.05) is 10.6 Å². The molecular formula is C23H24FN5O3. The van der Waals surface area contributed by atoms with E-state index in [0.717, 1.165) is 31.9 Å². The van der Waals surface area contributed by atoms with Gasteiger partial charge in [-0.25, -0.2) is 4.39 Å². The Kier molecular flexibility index (Phi) is 6.74. The maximum absolute atomic E-state index is 13.9. The van der Waals surface area contributed by atoms with Gasteiger partial charge in [0.1, 0.15) is 18.0 Å². The minimum absolute atomic E-state index is 0.254. The molecule has 0 aliphatic heterocycles. The summed E-state index contributed by atoms with van der Waals surface area (Å²) in [6.07, 6.45) is 10.2. The average molecular weight is 437 g/mol. The molecule has 0 saturated heterocycles. The van der Waals surface area contributed by atoms with E-state index in [1.54, 1.807) is 24.3 Å². The quantitative estimate of drug-likeness (QED) is 0.486. The van der Waals surface area contributed by atoms with Crippen molar-refractivity contribution in [3.63, 3.8) is 0 Å². The van der Waals surface area contributed by atoms with E-state index in [2.05, 4.69) is 26.1 Å². The molecule has 4 rings (SSSR count). The monoisotopic (exact) mass is 437 g/mol. The minimum Gasteiger partial charge on any atom is -0.363 e. The number of aromatic nitrogens is 2. The zero-order valence-corrected chi connectivity index (χ0v) is 17.4. The number of hydrogen-bond donors (Lipinski definition) is 3. The first kappa shape index (κ1) is 21.5. The fourth-order valence-electron chi connectivity index (χ4n) is 3.92. The van der Waals surface area contributed by atoms with Crippen molar-refractivity contribution >= 4 is 28.9 Å². The van der Waals surface area contributed by atoms with Crippen molar-refractivity contribution in [1.29, 1.82) is 0 Å². The van der Waals surface area contributed by atoms with E-state index in [1.807, 2.05) is 0 Å². The van der Waals surface area contributed by atoms with Crippen molar-refractivity contribution in [3.05, 3.63) is 66.6 Å². The Balaban J connectivity index is 1.47. The topological polar surface area (TPSA) is 109 Å². The Morgan fingerprint density at radius 3 is 2.75 bits per heavy atom. The van der Waals surface area contributed by atoms with Crippen LogP contribution in [0.3, 0.4) is 0 Å². The fourth-order valence-corrected chi connectivity index (χ4v) is 3.92. The zero-order valence-electron chi connectivity index (χ0n) is 17.4. The number of nitrogens with zero attached hydrogens (tertiary/aromatic N) is 2. The summed E-state index contributed by atoms with van der Waals surface area (Å²) in [6, 6.07) is 7.49. The summed E-state index contributed by atoms with van der Waals surface area (Å²) in [5, 5.41) is 12.1. The lowest BCUT2D eigenvalue weighted by Crippen LogP contribution is -2.44. The standard InChI is InChI=1S/C23H24FN5O3/c24-19-13-25-9-8-20(19)27-17-7-3-6-16(11-17)22(30)29-21(10-15-4-1-2-5-15)23(31)28-18-12-26-32-14-18/h3,6-9,11-15,21H,1-2,4-5,10H2,(H,25,27)(H,28,31)(H,29,30)/t21-/m1/s1. The number of nitrogens with one attached hydrogen (secondary N) is 3. The number of hydrogen-bond acceptors (Lipinski definition) is 6. The second-order valence-corrected chi connectivity index (χ2v) is 7.88. The third kappa shape index (κ3) is 5.48. The van der Waals surface area contributed by atoms with Gasteiger partial charge in [-0.15, -0.1) is 0 Å². The summed E-state index contributed by atoms with van der Waals surface area (Å²) in [5.74, 6) is -0.811. The fraction of sp³-hybridized carbons (Fsp3) is 0.304. The molecule has 0 spiro atoms. The maximum atomic E-state index is 13.9. The van der Waals surface area contributed by atoms with Gasteiger partial charge in [0.25, 0.3) is 5.91 Å². The van der Waals surface area contributed by atoms with Gasteiger partial charge in [-0.1, -0.05) is 36.9 Å². The number of carbonyl (C=O) groups is 2. The van der Waals surface area contributed by atoms with Crippen LogP contribution in [0.5, 0.6) is 0 Å². The van der Waals surface area contributed by atoms with E-state index in [1.165, 1.54) is 24.7 Å². The molecule has 32 heavy (non-hydrogen) atoms. The summed E-state index contributed by atoms with van der Waals surface area (Å²) < 4.78 is 18.6. The molecule has 3 aromatic rings. The summed E-state index contributed by atoms with van der Waals surface area (Å²) in [4.78, 5) is 29.6. The van der Waals surface area contributed by atoms with Crippen molar-refractivity contribution in [2.45, 2.75) is 38.1 Å². The van der Waals surface area contributed by atoms with Crippen molar-refractivity contribution in [1.82, 2.24) is 15.5 Å². The Labute approximate surface area is 184 Å².